The highest BCUT2D eigenvalue weighted by atomic mass is 32.2. The highest BCUT2D eigenvalue weighted by Crippen LogP contribution is 2.38. The molecule has 0 radical (unpaired) electrons. The summed E-state index contributed by atoms with van der Waals surface area (Å²) in [6.45, 7) is 5.04. The van der Waals surface area contributed by atoms with Crippen LogP contribution in [-0.2, 0) is 4.79 Å². The number of aromatic nitrogens is 4. The van der Waals surface area contributed by atoms with Gasteiger partial charge >= 0.3 is 0 Å². The Balaban J connectivity index is 1.43. The Kier molecular flexibility index (Phi) is 7.17. The molecule has 1 aliphatic rings. The Bertz CT molecular complexity index is 1630. The van der Waals surface area contributed by atoms with Crippen molar-refractivity contribution in [3.8, 4) is 23.3 Å². The number of aliphatic hydroxyl groups is 1. The fourth-order valence-electron chi connectivity index (χ4n) is 5.06. The molecule has 0 aliphatic heterocycles. The van der Waals surface area contributed by atoms with E-state index in [9.17, 15) is 20.4 Å². The number of nitrogens with one attached hydrogen (secondary N) is 1. The molecule has 0 bridgehead atoms. The molecule has 4 aromatic rings. The number of fused-ring (bicyclic) bond motifs is 1. The van der Waals surface area contributed by atoms with E-state index < -0.39 is 5.60 Å². The third kappa shape index (κ3) is 5.26. The Labute approximate surface area is 231 Å². The highest BCUT2D eigenvalue weighted by molar-refractivity contribution is 7.99. The van der Waals surface area contributed by atoms with Gasteiger partial charge in [0.05, 0.1) is 35.1 Å². The van der Waals surface area contributed by atoms with Gasteiger partial charge in [0.15, 0.2) is 0 Å². The number of benzene rings is 1. The lowest BCUT2D eigenvalue weighted by molar-refractivity contribution is -0.137. The van der Waals surface area contributed by atoms with E-state index in [-0.39, 0.29) is 18.0 Å². The largest absolute Gasteiger partial charge is 0.381 e. The second-order valence-electron chi connectivity index (χ2n) is 10.4. The lowest BCUT2D eigenvalue weighted by Crippen LogP contribution is -2.47. The molecule has 1 saturated carbocycles. The van der Waals surface area contributed by atoms with E-state index in [1.165, 1.54) is 25.6 Å². The van der Waals surface area contributed by atoms with Crippen LogP contribution < -0.4 is 5.32 Å². The summed E-state index contributed by atoms with van der Waals surface area (Å²) >= 11 is 1.44. The van der Waals surface area contributed by atoms with Gasteiger partial charge in [-0.3, -0.25) is 9.48 Å². The topological polar surface area (TPSA) is 132 Å². The van der Waals surface area contributed by atoms with E-state index >= 15 is 0 Å². The monoisotopic (exact) mass is 539 g/mol. The molecule has 0 atom stereocenters. The maximum atomic E-state index is 12.2. The smallest absolute Gasteiger partial charge is 0.251 e. The third-order valence-corrected chi connectivity index (χ3v) is 8.32. The van der Waals surface area contributed by atoms with Gasteiger partial charge < -0.3 is 10.4 Å². The van der Waals surface area contributed by atoms with Crippen molar-refractivity contribution in [2.75, 3.05) is 0 Å². The number of nitriles is 2. The van der Waals surface area contributed by atoms with Gasteiger partial charge in [-0.15, -0.1) is 0 Å². The van der Waals surface area contributed by atoms with Crippen molar-refractivity contribution in [1.29, 1.82) is 10.5 Å². The molecule has 198 valence electrons. The molecule has 39 heavy (non-hydrogen) atoms. The standard InChI is InChI=1S/C29H29N7O2S/c1-18-24(16-33-36(18)23-10-8-22(9-11-23)34-28(37)29(2,3)38)20-12-26(27-21(14-31)15-32-35(27)17-20)39-25-7-5-4-6-19(25)13-30/h4-7,12,15-17,22-23,38H,8-11H2,1-3H3,(H,34,37). The number of carbonyl (C=O) groups is 1. The second-order valence-corrected chi connectivity index (χ2v) is 11.5. The maximum Gasteiger partial charge on any atom is 0.251 e. The van der Waals surface area contributed by atoms with Crippen molar-refractivity contribution < 1.29 is 9.90 Å². The summed E-state index contributed by atoms with van der Waals surface area (Å²) in [7, 11) is 0. The van der Waals surface area contributed by atoms with Gasteiger partial charge in [-0.2, -0.15) is 20.7 Å². The SMILES string of the molecule is Cc1c(-c2cc(Sc3ccccc3C#N)c3c(C#N)cnn3c2)cnn1C1CCC(NC(=O)C(C)(C)O)CC1. The number of rotatable bonds is 6. The predicted octanol–water partition coefficient (Wildman–Crippen LogP) is 4.77. The minimum Gasteiger partial charge on any atom is -0.381 e. The van der Waals surface area contributed by atoms with Crippen molar-refractivity contribution in [2.24, 2.45) is 0 Å². The van der Waals surface area contributed by atoms with Gasteiger partial charge in [0.1, 0.15) is 17.7 Å². The molecular weight excluding hydrogens is 510 g/mol. The molecule has 0 spiro atoms. The zero-order chi connectivity index (χ0) is 27.7. The van der Waals surface area contributed by atoms with E-state index in [4.69, 9.17) is 5.10 Å². The Hall–Kier alpha value is -4.12. The van der Waals surface area contributed by atoms with Gasteiger partial charge in [-0.05, 0) is 64.7 Å². The quantitative estimate of drug-likeness (QED) is 0.361. The summed E-state index contributed by atoms with van der Waals surface area (Å²) < 4.78 is 3.79. The van der Waals surface area contributed by atoms with Gasteiger partial charge in [0.25, 0.3) is 5.91 Å². The van der Waals surface area contributed by atoms with Gasteiger partial charge in [0.2, 0.25) is 0 Å². The molecule has 3 aromatic heterocycles. The second kappa shape index (κ2) is 10.6. The molecule has 0 unspecified atom stereocenters. The van der Waals surface area contributed by atoms with E-state index in [1.54, 1.807) is 16.8 Å². The summed E-state index contributed by atoms with van der Waals surface area (Å²) in [5.74, 6) is -0.344. The van der Waals surface area contributed by atoms with Crippen LogP contribution in [0.2, 0.25) is 0 Å². The van der Waals surface area contributed by atoms with E-state index in [0.717, 1.165) is 52.3 Å². The molecule has 3 heterocycles. The first kappa shape index (κ1) is 26.5. The van der Waals surface area contributed by atoms with Crippen LogP contribution in [0.15, 0.2) is 58.7 Å². The van der Waals surface area contributed by atoms with Crippen LogP contribution in [-0.4, -0.2) is 42.1 Å². The third-order valence-electron chi connectivity index (χ3n) is 7.21. The molecule has 1 amide bonds. The number of carbonyl (C=O) groups excluding carboxylic acids is 1. The van der Waals surface area contributed by atoms with Gasteiger partial charge in [-0.25, -0.2) is 4.52 Å². The lowest BCUT2D eigenvalue weighted by atomic mass is 9.90. The normalized spacial score (nSPS) is 17.5. The number of amides is 1. The van der Waals surface area contributed by atoms with Crippen molar-refractivity contribution in [2.45, 2.75) is 73.9 Å². The van der Waals surface area contributed by atoms with E-state index in [1.807, 2.05) is 36.7 Å². The van der Waals surface area contributed by atoms with Gasteiger partial charge in [0, 0.05) is 38.9 Å². The van der Waals surface area contributed by atoms with E-state index in [2.05, 4.69) is 34.2 Å². The molecule has 1 aromatic carbocycles. The summed E-state index contributed by atoms with van der Waals surface area (Å²) in [6.07, 6.45) is 8.71. The van der Waals surface area contributed by atoms with Crippen molar-refractivity contribution in [3.05, 3.63) is 65.7 Å². The molecule has 1 fully saturated rings. The van der Waals surface area contributed by atoms with Crippen molar-refractivity contribution >= 4 is 23.2 Å². The Morgan fingerprint density at radius 3 is 2.49 bits per heavy atom. The first-order valence-corrected chi connectivity index (χ1v) is 13.7. The molecule has 10 heteroatoms. The zero-order valence-electron chi connectivity index (χ0n) is 22.0. The van der Waals surface area contributed by atoms with Crippen molar-refractivity contribution in [3.63, 3.8) is 0 Å². The maximum absolute atomic E-state index is 12.2. The van der Waals surface area contributed by atoms with Crippen molar-refractivity contribution in [1.82, 2.24) is 24.7 Å². The molecule has 2 N–H and O–H groups in total. The molecule has 9 nitrogen and oxygen atoms in total. The molecule has 0 saturated heterocycles. The first-order valence-electron chi connectivity index (χ1n) is 12.9. The first-order chi connectivity index (χ1) is 18.7. The van der Waals surface area contributed by atoms with Crippen LogP contribution in [0.3, 0.4) is 0 Å². The van der Waals surface area contributed by atoms with Crippen LogP contribution >= 0.6 is 11.8 Å². The molecular formula is C29H29N7O2S. The number of hydrogen-bond acceptors (Lipinski definition) is 7. The van der Waals surface area contributed by atoms with Crippen LogP contribution in [0, 0.1) is 29.6 Å². The summed E-state index contributed by atoms with van der Waals surface area (Å²) in [4.78, 5) is 13.8. The lowest BCUT2D eigenvalue weighted by Gasteiger charge is -2.31. The fourth-order valence-corrected chi connectivity index (χ4v) is 6.15. The molecule has 1 aliphatic carbocycles. The zero-order valence-corrected chi connectivity index (χ0v) is 22.9. The summed E-state index contributed by atoms with van der Waals surface area (Å²) in [6, 6.07) is 14.2. The minimum atomic E-state index is -1.39. The van der Waals surface area contributed by atoms with E-state index in [0.29, 0.717) is 16.6 Å². The van der Waals surface area contributed by atoms with Crippen LogP contribution in [0.1, 0.15) is 62.4 Å². The summed E-state index contributed by atoms with van der Waals surface area (Å²) in [5, 5.41) is 41.3. The number of pyridine rings is 1. The van der Waals surface area contributed by atoms with Crippen LogP contribution in [0.5, 0.6) is 0 Å². The molecule has 5 rings (SSSR count). The van der Waals surface area contributed by atoms with Crippen LogP contribution in [0.25, 0.3) is 16.6 Å². The average molecular weight is 540 g/mol. The average Bonchev–Trinajstić information content (AvgIpc) is 3.52. The Morgan fingerprint density at radius 2 is 1.79 bits per heavy atom. The fraction of sp³-hybridized carbons (Fsp3) is 0.345. The summed E-state index contributed by atoms with van der Waals surface area (Å²) in [5.41, 5.74) is 3.28. The minimum absolute atomic E-state index is 0.0444. The Morgan fingerprint density at radius 1 is 1.08 bits per heavy atom. The predicted molar refractivity (Wildman–Crippen MR) is 147 cm³/mol. The number of hydrogen-bond donors (Lipinski definition) is 2. The highest BCUT2D eigenvalue weighted by Gasteiger charge is 2.30. The van der Waals surface area contributed by atoms with Gasteiger partial charge in [-0.1, -0.05) is 23.9 Å². The number of nitrogens with zero attached hydrogens (tertiary/aromatic N) is 6. The van der Waals surface area contributed by atoms with Crippen LogP contribution in [0.4, 0.5) is 0 Å².